The Labute approximate surface area is 154 Å². The largest absolute Gasteiger partial charge is 0.480 e. The van der Waals surface area contributed by atoms with Crippen LogP contribution >= 0.6 is 0 Å². The van der Waals surface area contributed by atoms with Crippen molar-refractivity contribution in [3.8, 4) is 23.2 Å². The fraction of sp³-hybridized carbons (Fsp3) is 0.118. The molecular formula is C17H10F4N6O. The summed E-state index contributed by atoms with van der Waals surface area (Å²) in [6.07, 6.45) is -2.50. The summed E-state index contributed by atoms with van der Waals surface area (Å²) >= 11 is 0. The Morgan fingerprint density at radius 3 is 2.43 bits per heavy atom. The number of fused-ring (bicyclic) bond motifs is 1. The van der Waals surface area contributed by atoms with E-state index in [1.807, 2.05) is 0 Å². The van der Waals surface area contributed by atoms with Gasteiger partial charge in [0.2, 0.25) is 11.8 Å². The number of rotatable bonds is 3. The zero-order valence-corrected chi connectivity index (χ0v) is 14.1. The average molecular weight is 390 g/mol. The maximum absolute atomic E-state index is 13.1. The molecule has 0 bridgehead atoms. The number of aromatic nitrogens is 6. The zero-order valence-electron chi connectivity index (χ0n) is 14.1. The molecule has 4 rings (SSSR count). The third kappa shape index (κ3) is 3.10. The van der Waals surface area contributed by atoms with Gasteiger partial charge >= 0.3 is 6.18 Å². The maximum atomic E-state index is 13.1. The fourth-order valence-electron chi connectivity index (χ4n) is 2.63. The van der Waals surface area contributed by atoms with E-state index in [0.29, 0.717) is 5.52 Å². The number of hydrogen-bond acceptors (Lipinski definition) is 6. The minimum atomic E-state index is -4.52. The van der Waals surface area contributed by atoms with Crippen LogP contribution in [0.25, 0.3) is 28.4 Å². The van der Waals surface area contributed by atoms with E-state index in [1.54, 1.807) is 12.1 Å². The molecule has 0 atom stereocenters. The molecule has 0 aliphatic carbocycles. The van der Waals surface area contributed by atoms with E-state index >= 15 is 0 Å². The van der Waals surface area contributed by atoms with Gasteiger partial charge in [-0.1, -0.05) is 0 Å². The first-order valence-electron chi connectivity index (χ1n) is 7.82. The number of hydrogen-bond donors (Lipinski definition) is 0. The lowest BCUT2D eigenvalue weighted by Gasteiger charge is -2.09. The molecule has 0 radical (unpaired) electrons. The highest BCUT2D eigenvalue weighted by Gasteiger charge is 2.31. The second kappa shape index (κ2) is 6.51. The first-order chi connectivity index (χ1) is 13.4. The van der Waals surface area contributed by atoms with Gasteiger partial charge in [-0.05, 0) is 24.3 Å². The Kier molecular flexibility index (Phi) is 4.13. The molecule has 0 unspecified atom stereocenters. The van der Waals surface area contributed by atoms with Crippen molar-refractivity contribution in [3.05, 3.63) is 54.2 Å². The molecule has 0 aliphatic heterocycles. The van der Waals surface area contributed by atoms with Crippen LogP contribution in [0, 0.1) is 5.95 Å². The van der Waals surface area contributed by atoms with Crippen molar-refractivity contribution in [2.45, 2.75) is 6.18 Å². The molecule has 4 aromatic rings. The van der Waals surface area contributed by atoms with Gasteiger partial charge in [0, 0.05) is 6.07 Å². The topological polar surface area (TPSA) is 78.6 Å². The summed E-state index contributed by atoms with van der Waals surface area (Å²) in [7, 11) is 1.43. The summed E-state index contributed by atoms with van der Waals surface area (Å²) in [5.41, 5.74) is -0.284. The van der Waals surface area contributed by atoms with E-state index in [4.69, 9.17) is 4.74 Å². The van der Waals surface area contributed by atoms with Crippen molar-refractivity contribution in [1.29, 1.82) is 0 Å². The molecule has 7 nitrogen and oxygen atoms in total. The van der Waals surface area contributed by atoms with Gasteiger partial charge in [-0.2, -0.15) is 17.6 Å². The fourth-order valence-corrected chi connectivity index (χ4v) is 2.63. The molecule has 11 heteroatoms. The summed E-state index contributed by atoms with van der Waals surface area (Å²) in [5, 5.41) is 7.89. The lowest BCUT2D eigenvalue weighted by atomic mass is 10.2. The van der Waals surface area contributed by atoms with Crippen molar-refractivity contribution in [2.75, 3.05) is 7.11 Å². The minimum Gasteiger partial charge on any atom is -0.480 e. The number of benzene rings is 1. The number of ether oxygens (including phenoxy) is 1. The van der Waals surface area contributed by atoms with Gasteiger partial charge in [0.05, 0.1) is 36.1 Å². The van der Waals surface area contributed by atoms with Crippen LogP contribution < -0.4 is 4.74 Å². The molecule has 28 heavy (non-hydrogen) atoms. The standard InChI is InChI=1S/C17H10F4N6O/c1-28-15-5-4-14(25-26-15)27-12-3-2-9(17(19,20)21)6-10(12)24-16(27)11-7-23-13(18)8-22-11/h2-8H,1H3. The Morgan fingerprint density at radius 1 is 1.00 bits per heavy atom. The predicted molar refractivity (Wildman–Crippen MR) is 89.2 cm³/mol. The Morgan fingerprint density at radius 2 is 1.82 bits per heavy atom. The van der Waals surface area contributed by atoms with E-state index < -0.39 is 17.7 Å². The number of imidazole rings is 1. The van der Waals surface area contributed by atoms with E-state index in [2.05, 4.69) is 25.1 Å². The number of halogens is 4. The SMILES string of the molecule is COc1ccc(-n2c(-c3cnc(F)cn3)nc3cc(C(F)(F)F)ccc32)nn1. The van der Waals surface area contributed by atoms with Crippen molar-refractivity contribution in [2.24, 2.45) is 0 Å². The monoisotopic (exact) mass is 390 g/mol. The highest BCUT2D eigenvalue weighted by atomic mass is 19.4. The van der Waals surface area contributed by atoms with Gasteiger partial charge in [-0.3, -0.25) is 4.57 Å². The number of nitrogens with zero attached hydrogens (tertiary/aromatic N) is 6. The van der Waals surface area contributed by atoms with E-state index in [1.165, 1.54) is 17.7 Å². The van der Waals surface area contributed by atoms with Gasteiger partial charge in [0.1, 0.15) is 5.69 Å². The van der Waals surface area contributed by atoms with Crippen LogP contribution in [0.3, 0.4) is 0 Å². The molecule has 142 valence electrons. The Hall–Kier alpha value is -3.63. The Bertz CT molecular complexity index is 1140. The maximum Gasteiger partial charge on any atom is 0.416 e. The molecule has 0 saturated carbocycles. The van der Waals surface area contributed by atoms with Crippen molar-refractivity contribution in [3.63, 3.8) is 0 Å². The van der Waals surface area contributed by atoms with Gasteiger partial charge < -0.3 is 4.74 Å². The second-order valence-electron chi connectivity index (χ2n) is 5.63. The molecule has 0 saturated heterocycles. The zero-order chi connectivity index (χ0) is 19.9. The molecule has 0 spiro atoms. The van der Waals surface area contributed by atoms with Crippen molar-refractivity contribution >= 4 is 11.0 Å². The number of alkyl halides is 3. The molecule has 0 amide bonds. The lowest BCUT2D eigenvalue weighted by Crippen LogP contribution is -2.05. The predicted octanol–water partition coefficient (Wildman–Crippen LogP) is 3.44. The first kappa shape index (κ1) is 17.8. The van der Waals surface area contributed by atoms with Crippen LogP contribution in [-0.4, -0.2) is 36.8 Å². The van der Waals surface area contributed by atoms with Crippen LogP contribution in [0.1, 0.15) is 5.56 Å². The smallest absolute Gasteiger partial charge is 0.416 e. The van der Waals surface area contributed by atoms with Gasteiger partial charge in [0.25, 0.3) is 0 Å². The van der Waals surface area contributed by atoms with Crippen LogP contribution in [0.2, 0.25) is 0 Å². The molecule has 3 aromatic heterocycles. The van der Waals surface area contributed by atoms with E-state index in [9.17, 15) is 17.6 Å². The first-order valence-corrected chi connectivity index (χ1v) is 7.82. The lowest BCUT2D eigenvalue weighted by molar-refractivity contribution is -0.137. The van der Waals surface area contributed by atoms with Crippen LogP contribution in [-0.2, 0) is 6.18 Å². The van der Waals surface area contributed by atoms with Crippen molar-refractivity contribution < 1.29 is 22.3 Å². The van der Waals surface area contributed by atoms with Crippen molar-refractivity contribution in [1.82, 2.24) is 29.7 Å². The molecule has 3 heterocycles. The van der Waals surface area contributed by atoms with E-state index in [0.717, 1.165) is 24.5 Å². The minimum absolute atomic E-state index is 0.0635. The van der Waals surface area contributed by atoms with Gasteiger partial charge in [-0.15, -0.1) is 10.2 Å². The quantitative estimate of drug-likeness (QED) is 0.499. The molecule has 0 N–H and O–H groups in total. The third-order valence-electron chi connectivity index (χ3n) is 3.90. The highest BCUT2D eigenvalue weighted by Crippen LogP contribution is 2.33. The highest BCUT2D eigenvalue weighted by molar-refractivity contribution is 5.82. The molecule has 0 aliphatic rings. The summed E-state index contributed by atoms with van der Waals surface area (Å²) in [4.78, 5) is 11.7. The average Bonchev–Trinajstić information content (AvgIpc) is 3.06. The summed E-state index contributed by atoms with van der Waals surface area (Å²) in [6, 6.07) is 6.24. The van der Waals surface area contributed by atoms with Crippen LogP contribution in [0.4, 0.5) is 17.6 Å². The second-order valence-corrected chi connectivity index (χ2v) is 5.63. The summed E-state index contributed by atoms with van der Waals surface area (Å²) in [6.45, 7) is 0. The normalized spacial score (nSPS) is 11.8. The third-order valence-corrected chi connectivity index (χ3v) is 3.90. The molecule has 0 fully saturated rings. The Balaban J connectivity index is 1.98. The number of methoxy groups -OCH3 is 1. The van der Waals surface area contributed by atoms with Gasteiger partial charge in [0.15, 0.2) is 11.6 Å². The van der Waals surface area contributed by atoms with E-state index in [-0.39, 0.29) is 28.7 Å². The van der Waals surface area contributed by atoms with Crippen LogP contribution in [0.15, 0.2) is 42.7 Å². The summed E-state index contributed by atoms with van der Waals surface area (Å²) < 4.78 is 58.8. The van der Waals surface area contributed by atoms with Gasteiger partial charge in [-0.25, -0.2) is 15.0 Å². The molecular weight excluding hydrogens is 380 g/mol. The van der Waals surface area contributed by atoms with Crippen LogP contribution in [0.5, 0.6) is 5.88 Å². The molecule has 1 aromatic carbocycles. The summed E-state index contributed by atoms with van der Waals surface area (Å²) in [5.74, 6) is -0.129.